The Morgan fingerprint density at radius 2 is 1.89 bits per heavy atom. The van der Waals surface area contributed by atoms with E-state index in [1.54, 1.807) is 15.5 Å². The van der Waals surface area contributed by atoms with Gasteiger partial charge >= 0.3 is 5.69 Å². The van der Waals surface area contributed by atoms with Gasteiger partial charge in [-0.25, -0.2) is 13.6 Å². The van der Waals surface area contributed by atoms with Crippen molar-refractivity contribution in [2.24, 2.45) is 11.7 Å². The SMILES string of the molecule is C=CC(=O)N1C[C@H](C)N(c2nc(=O)n3c4c(c(-c5ccc(F)cc5F)c(Cl)cc24)OC[C@H]3CCCN2CCC(C(N)=O)CC2)C[C@H]1C. The normalized spacial score (nSPS) is 21.9. The molecule has 10 nitrogen and oxygen atoms in total. The Labute approximate surface area is 276 Å². The Bertz CT molecular complexity index is 1790. The fourth-order valence-electron chi connectivity index (χ4n) is 7.27. The zero-order chi connectivity index (χ0) is 33.6. The van der Waals surface area contributed by atoms with Gasteiger partial charge in [0.25, 0.3) is 0 Å². The van der Waals surface area contributed by atoms with E-state index in [1.807, 2.05) is 18.7 Å². The number of ether oxygens (including phenoxy) is 1. The lowest BCUT2D eigenvalue weighted by atomic mass is 9.96. The second kappa shape index (κ2) is 13.2. The van der Waals surface area contributed by atoms with Crippen LogP contribution in [0.4, 0.5) is 14.6 Å². The van der Waals surface area contributed by atoms with E-state index in [0.717, 1.165) is 51.0 Å². The second-order valence-electron chi connectivity index (χ2n) is 12.8. The third-order valence-corrected chi connectivity index (χ3v) is 10.1. The number of aromatic nitrogens is 2. The number of anilines is 1. The van der Waals surface area contributed by atoms with E-state index in [2.05, 4.69) is 16.5 Å². The third-order valence-electron chi connectivity index (χ3n) is 9.80. The summed E-state index contributed by atoms with van der Waals surface area (Å²) in [5.41, 5.74) is 5.76. The van der Waals surface area contributed by atoms with Crippen LogP contribution in [0.5, 0.6) is 5.75 Å². The standard InChI is InChI=1S/C34H39ClF2N6O4/c1-4-28(44)41-16-20(3)42(17-19(41)2)33-25-15-26(35)29(24-8-7-22(36)14-27(24)37)31-30(25)43(34(46)39-33)23(18-47-31)6-5-11-40-12-9-21(10-13-40)32(38)45/h4,7-8,14-15,19-21,23H,1,5-6,9-13,16-18H2,2-3H3,(H2,38,45)/t19-,20+,23-/m1/s1. The van der Waals surface area contributed by atoms with Crippen LogP contribution in [0.1, 0.15) is 45.6 Å². The van der Waals surface area contributed by atoms with E-state index in [4.69, 9.17) is 22.1 Å². The summed E-state index contributed by atoms with van der Waals surface area (Å²) < 4.78 is 37.1. The molecule has 3 aromatic rings. The lowest BCUT2D eigenvalue weighted by Gasteiger charge is -2.45. The lowest BCUT2D eigenvalue weighted by Crippen LogP contribution is -2.58. The number of amides is 2. The number of piperidine rings is 1. The number of piperazine rings is 1. The smallest absolute Gasteiger partial charge is 0.350 e. The molecule has 0 spiro atoms. The third kappa shape index (κ3) is 6.20. The van der Waals surface area contributed by atoms with Crippen LogP contribution in [0.15, 0.2) is 41.7 Å². The van der Waals surface area contributed by atoms with Crippen LogP contribution in [0, 0.1) is 17.6 Å². The van der Waals surface area contributed by atoms with Gasteiger partial charge in [0.1, 0.15) is 24.1 Å². The molecule has 2 amide bonds. The van der Waals surface area contributed by atoms with E-state index < -0.39 is 17.3 Å². The molecule has 6 rings (SSSR count). The summed E-state index contributed by atoms with van der Waals surface area (Å²) in [4.78, 5) is 48.7. The van der Waals surface area contributed by atoms with E-state index >= 15 is 4.39 Å². The molecule has 3 aliphatic heterocycles. The van der Waals surface area contributed by atoms with E-state index in [9.17, 15) is 18.8 Å². The summed E-state index contributed by atoms with van der Waals surface area (Å²) in [5.74, 6) is -1.39. The fourth-order valence-corrected chi connectivity index (χ4v) is 7.57. The first-order chi connectivity index (χ1) is 22.5. The maximum atomic E-state index is 15.2. The molecular weight excluding hydrogens is 630 g/mol. The maximum Gasteiger partial charge on any atom is 0.350 e. The molecule has 3 atom stereocenters. The summed E-state index contributed by atoms with van der Waals surface area (Å²) in [6.45, 7) is 10.8. The van der Waals surface area contributed by atoms with Crippen LogP contribution in [0.2, 0.25) is 5.02 Å². The lowest BCUT2D eigenvalue weighted by molar-refractivity contribution is -0.128. The van der Waals surface area contributed by atoms with Gasteiger partial charge in [-0.3, -0.25) is 14.2 Å². The highest BCUT2D eigenvalue weighted by molar-refractivity contribution is 6.35. The minimum Gasteiger partial charge on any atom is -0.488 e. The summed E-state index contributed by atoms with van der Waals surface area (Å²) in [5, 5.41) is 0.738. The zero-order valence-corrected chi connectivity index (χ0v) is 27.3. The largest absolute Gasteiger partial charge is 0.488 e. The number of halogens is 3. The highest BCUT2D eigenvalue weighted by Gasteiger charge is 2.36. The van der Waals surface area contributed by atoms with Crippen molar-refractivity contribution >= 4 is 40.1 Å². The van der Waals surface area contributed by atoms with Crippen LogP contribution in [-0.4, -0.2) is 82.6 Å². The van der Waals surface area contributed by atoms with Crippen molar-refractivity contribution in [1.82, 2.24) is 19.4 Å². The molecule has 0 bridgehead atoms. The molecule has 4 heterocycles. The van der Waals surface area contributed by atoms with Crippen molar-refractivity contribution in [2.45, 2.75) is 57.7 Å². The summed E-state index contributed by atoms with van der Waals surface area (Å²) in [7, 11) is 0. The molecule has 0 saturated carbocycles. The van der Waals surface area contributed by atoms with Gasteiger partial charge in [-0.1, -0.05) is 18.2 Å². The number of nitrogens with zero attached hydrogens (tertiary/aromatic N) is 5. The minimum absolute atomic E-state index is 0.0574. The van der Waals surface area contributed by atoms with Gasteiger partial charge in [0, 0.05) is 53.7 Å². The van der Waals surface area contributed by atoms with Gasteiger partial charge in [-0.2, -0.15) is 4.98 Å². The van der Waals surface area contributed by atoms with Crippen LogP contribution >= 0.6 is 11.6 Å². The first-order valence-electron chi connectivity index (χ1n) is 16.1. The quantitative estimate of drug-likeness (QED) is 0.351. The number of primary amides is 1. The fraction of sp³-hybridized carbons (Fsp3) is 0.471. The number of hydrogen-bond acceptors (Lipinski definition) is 7. The Morgan fingerprint density at radius 1 is 1.15 bits per heavy atom. The molecule has 250 valence electrons. The highest BCUT2D eigenvalue weighted by Crippen LogP contribution is 2.47. The van der Waals surface area contributed by atoms with Gasteiger partial charge in [0.2, 0.25) is 11.8 Å². The Morgan fingerprint density at radius 3 is 2.57 bits per heavy atom. The molecular formula is C34H39ClF2N6O4. The number of carbonyl (C=O) groups excluding carboxylic acids is 2. The molecule has 0 aliphatic carbocycles. The monoisotopic (exact) mass is 668 g/mol. The first kappa shape index (κ1) is 32.9. The topological polar surface area (TPSA) is 114 Å². The Balaban J connectivity index is 1.40. The molecule has 13 heteroatoms. The predicted octanol–water partition coefficient (Wildman–Crippen LogP) is 4.52. The van der Waals surface area contributed by atoms with E-state index in [-0.39, 0.29) is 64.4 Å². The Hall–Kier alpha value is -4.03. The number of benzene rings is 2. The van der Waals surface area contributed by atoms with Gasteiger partial charge in [0.15, 0.2) is 5.75 Å². The molecule has 2 aromatic carbocycles. The molecule has 0 unspecified atom stereocenters. The molecule has 2 N–H and O–H groups in total. The summed E-state index contributed by atoms with van der Waals surface area (Å²) >= 11 is 6.87. The van der Waals surface area contributed by atoms with Crippen LogP contribution < -0.4 is 21.1 Å². The predicted molar refractivity (Wildman–Crippen MR) is 177 cm³/mol. The molecule has 2 saturated heterocycles. The van der Waals surface area contributed by atoms with Crippen molar-refractivity contribution < 1.29 is 23.1 Å². The maximum absolute atomic E-state index is 15.2. The van der Waals surface area contributed by atoms with E-state index in [1.165, 1.54) is 12.1 Å². The molecule has 1 aromatic heterocycles. The molecule has 47 heavy (non-hydrogen) atoms. The average molecular weight is 669 g/mol. The van der Waals surface area contributed by atoms with Gasteiger partial charge in [0.05, 0.1) is 16.6 Å². The summed E-state index contributed by atoms with van der Waals surface area (Å²) in [6, 6.07) is 4.19. The van der Waals surface area contributed by atoms with Crippen molar-refractivity contribution in [1.29, 1.82) is 0 Å². The number of hydrogen-bond donors (Lipinski definition) is 1. The zero-order valence-electron chi connectivity index (χ0n) is 26.6. The summed E-state index contributed by atoms with van der Waals surface area (Å²) in [6.07, 6.45) is 4.14. The van der Waals surface area contributed by atoms with Gasteiger partial charge in [-0.05, 0) is 83.4 Å². The van der Waals surface area contributed by atoms with Crippen molar-refractivity contribution in [2.75, 3.05) is 44.2 Å². The minimum atomic E-state index is -0.804. The number of carbonyl (C=O) groups is 2. The number of likely N-dealkylation sites (tertiary alicyclic amines) is 1. The molecule has 3 aliphatic rings. The van der Waals surface area contributed by atoms with Gasteiger partial charge in [-0.15, -0.1) is 0 Å². The Kier molecular flexibility index (Phi) is 9.26. The van der Waals surface area contributed by atoms with Crippen LogP contribution in [-0.2, 0) is 9.59 Å². The van der Waals surface area contributed by atoms with Crippen LogP contribution in [0.3, 0.4) is 0 Å². The number of rotatable bonds is 8. The van der Waals surface area contributed by atoms with Crippen molar-refractivity contribution in [3.8, 4) is 16.9 Å². The van der Waals surface area contributed by atoms with Crippen molar-refractivity contribution in [3.63, 3.8) is 0 Å². The van der Waals surface area contributed by atoms with Crippen molar-refractivity contribution in [3.05, 3.63) is 64.1 Å². The number of nitrogens with two attached hydrogens (primary N) is 1. The van der Waals surface area contributed by atoms with Gasteiger partial charge < -0.3 is 25.2 Å². The first-order valence-corrected chi connectivity index (χ1v) is 16.4. The second-order valence-corrected chi connectivity index (χ2v) is 13.2. The molecule has 2 fully saturated rings. The van der Waals surface area contributed by atoms with E-state index in [0.29, 0.717) is 36.2 Å². The highest BCUT2D eigenvalue weighted by atomic mass is 35.5. The molecule has 0 radical (unpaired) electrons. The van der Waals surface area contributed by atoms with Crippen LogP contribution in [0.25, 0.3) is 22.0 Å². The average Bonchev–Trinajstić information content (AvgIpc) is 3.04.